The van der Waals surface area contributed by atoms with E-state index in [0.717, 1.165) is 36.8 Å². The van der Waals surface area contributed by atoms with Gasteiger partial charge in [0.1, 0.15) is 26.2 Å². The zero-order valence-corrected chi connectivity index (χ0v) is 13.0. The number of hydrogen-bond donors (Lipinski definition) is 3. The van der Waals surface area contributed by atoms with Gasteiger partial charge in [0, 0.05) is 5.02 Å². The molecular weight excluding hydrogens is 274 g/mol. The molecule has 0 spiro atoms. The van der Waals surface area contributed by atoms with Crippen LogP contribution in [0.3, 0.4) is 0 Å². The van der Waals surface area contributed by atoms with Crippen LogP contribution < -0.4 is 15.1 Å². The first-order chi connectivity index (χ1) is 9.54. The molecule has 0 bridgehead atoms. The Balaban J connectivity index is 1.80. The van der Waals surface area contributed by atoms with E-state index in [-0.39, 0.29) is 11.9 Å². The molecule has 1 atom stereocenters. The van der Waals surface area contributed by atoms with Crippen molar-refractivity contribution < 1.29 is 14.6 Å². The molecule has 1 aliphatic heterocycles. The van der Waals surface area contributed by atoms with Gasteiger partial charge in [-0.25, -0.2) is 0 Å². The van der Waals surface area contributed by atoms with E-state index in [9.17, 15) is 4.79 Å². The second kappa shape index (κ2) is 7.07. The Morgan fingerprint density at radius 2 is 1.85 bits per heavy atom. The maximum atomic E-state index is 12.1. The fourth-order valence-corrected chi connectivity index (χ4v) is 2.69. The minimum Gasteiger partial charge on any atom is -0.345 e. The summed E-state index contributed by atoms with van der Waals surface area (Å²) in [7, 11) is 2.21. The third kappa shape index (κ3) is 4.47. The number of rotatable bonds is 4. The minimum absolute atomic E-state index is 0.0252. The number of likely N-dealkylation sites (N-methyl/N-ethyl adjacent to an activating group) is 1. The molecule has 1 aromatic rings. The topological polar surface area (TPSA) is 38.0 Å². The number of benzene rings is 1. The van der Waals surface area contributed by atoms with Crippen molar-refractivity contribution in [2.75, 3.05) is 39.8 Å². The quantitative estimate of drug-likeness (QED) is 0.651. The number of carbonyl (C=O) groups is 1. The van der Waals surface area contributed by atoms with Crippen molar-refractivity contribution in [2.45, 2.75) is 13.0 Å². The predicted octanol–water partition coefficient (Wildman–Crippen LogP) is -1.07. The standard InChI is InChI=1S/C15H22ClN3O/c1-12(13-3-5-14(16)6-4-13)17-15(20)11-19-9-7-18(2)8-10-19/h3-6,12H,7-11H2,1-2H3,(H,17,20)/p+2/t12-/m1/s1. The lowest BCUT2D eigenvalue weighted by Crippen LogP contribution is -3.27. The first kappa shape index (κ1) is 15.3. The van der Waals surface area contributed by atoms with Crippen LogP contribution in [-0.4, -0.2) is 45.7 Å². The average Bonchev–Trinajstić information content (AvgIpc) is 2.42. The normalized spacial score (nSPS) is 24.1. The highest BCUT2D eigenvalue weighted by molar-refractivity contribution is 6.30. The maximum Gasteiger partial charge on any atom is 0.275 e. The molecule has 4 nitrogen and oxygen atoms in total. The SMILES string of the molecule is C[C@@H](NC(=O)C[NH+]1CC[NH+](C)CC1)c1ccc(Cl)cc1. The lowest BCUT2D eigenvalue weighted by Gasteiger charge is -2.27. The van der Waals surface area contributed by atoms with Crippen molar-refractivity contribution in [1.82, 2.24) is 5.32 Å². The van der Waals surface area contributed by atoms with Crippen molar-refractivity contribution in [2.24, 2.45) is 0 Å². The first-order valence-electron chi connectivity index (χ1n) is 7.24. The summed E-state index contributed by atoms with van der Waals surface area (Å²) in [6.45, 7) is 7.03. The fraction of sp³-hybridized carbons (Fsp3) is 0.533. The van der Waals surface area contributed by atoms with Crippen molar-refractivity contribution in [1.29, 1.82) is 0 Å². The van der Waals surface area contributed by atoms with Crippen molar-refractivity contribution in [3.8, 4) is 0 Å². The second-order valence-electron chi connectivity index (χ2n) is 5.72. The number of amides is 1. The Bertz CT molecular complexity index is 441. The van der Waals surface area contributed by atoms with Gasteiger partial charge in [0.15, 0.2) is 6.54 Å². The van der Waals surface area contributed by atoms with Crippen molar-refractivity contribution in [3.63, 3.8) is 0 Å². The van der Waals surface area contributed by atoms with E-state index in [1.165, 1.54) is 4.90 Å². The molecule has 0 saturated carbocycles. The molecule has 110 valence electrons. The molecule has 0 aliphatic carbocycles. The summed E-state index contributed by atoms with van der Waals surface area (Å²) in [6, 6.07) is 7.65. The van der Waals surface area contributed by atoms with E-state index >= 15 is 0 Å². The van der Waals surface area contributed by atoms with Gasteiger partial charge in [0.2, 0.25) is 0 Å². The minimum atomic E-state index is 0.0252. The van der Waals surface area contributed by atoms with E-state index < -0.39 is 0 Å². The number of carbonyl (C=O) groups excluding carboxylic acids is 1. The Labute approximate surface area is 125 Å². The Kier molecular flexibility index (Phi) is 5.40. The third-order valence-electron chi connectivity index (χ3n) is 3.97. The van der Waals surface area contributed by atoms with Crippen LogP contribution in [0.5, 0.6) is 0 Å². The van der Waals surface area contributed by atoms with Crippen LogP contribution in [0.4, 0.5) is 0 Å². The molecule has 3 N–H and O–H groups in total. The van der Waals surface area contributed by atoms with Gasteiger partial charge in [-0.3, -0.25) is 4.79 Å². The molecule has 0 radical (unpaired) electrons. The largest absolute Gasteiger partial charge is 0.345 e. The van der Waals surface area contributed by atoms with Gasteiger partial charge < -0.3 is 15.1 Å². The summed E-state index contributed by atoms with van der Waals surface area (Å²) in [6.07, 6.45) is 0. The molecule has 1 heterocycles. The van der Waals surface area contributed by atoms with Crippen molar-refractivity contribution >= 4 is 17.5 Å². The highest BCUT2D eigenvalue weighted by atomic mass is 35.5. The number of quaternary nitrogens is 2. The molecule has 1 amide bonds. The monoisotopic (exact) mass is 297 g/mol. The van der Waals surface area contributed by atoms with E-state index in [2.05, 4.69) is 12.4 Å². The lowest BCUT2D eigenvalue weighted by molar-refractivity contribution is -1.000. The zero-order chi connectivity index (χ0) is 14.5. The van der Waals surface area contributed by atoms with E-state index in [1.807, 2.05) is 31.2 Å². The van der Waals surface area contributed by atoms with Crippen LogP contribution in [0.1, 0.15) is 18.5 Å². The summed E-state index contributed by atoms with van der Waals surface area (Å²) in [5, 5.41) is 3.78. The predicted molar refractivity (Wildman–Crippen MR) is 80.2 cm³/mol. The maximum absolute atomic E-state index is 12.1. The van der Waals surface area contributed by atoms with Crippen molar-refractivity contribution in [3.05, 3.63) is 34.9 Å². The molecule has 0 aromatic heterocycles. The fourth-order valence-electron chi connectivity index (χ4n) is 2.56. The average molecular weight is 298 g/mol. The molecule has 5 heteroatoms. The van der Waals surface area contributed by atoms with Gasteiger partial charge in [-0.15, -0.1) is 0 Å². The second-order valence-corrected chi connectivity index (χ2v) is 6.16. The van der Waals surface area contributed by atoms with Crippen LogP contribution in [0, 0.1) is 0 Å². The number of hydrogen-bond acceptors (Lipinski definition) is 1. The van der Waals surface area contributed by atoms with Gasteiger partial charge >= 0.3 is 0 Å². The van der Waals surface area contributed by atoms with Crippen LogP contribution in [0.2, 0.25) is 5.02 Å². The molecule has 1 saturated heterocycles. The number of piperazine rings is 1. The molecular formula is C15H24ClN3O+2. The van der Waals surface area contributed by atoms with Gasteiger partial charge in [0.25, 0.3) is 5.91 Å². The van der Waals surface area contributed by atoms with E-state index in [1.54, 1.807) is 4.90 Å². The molecule has 20 heavy (non-hydrogen) atoms. The highest BCUT2D eigenvalue weighted by Gasteiger charge is 2.22. The van der Waals surface area contributed by atoms with Crippen LogP contribution in [0.15, 0.2) is 24.3 Å². The van der Waals surface area contributed by atoms with Crippen LogP contribution in [-0.2, 0) is 4.79 Å². The van der Waals surface area contributed by atoms with Gasteiger partial charge in [-0.1, -0.05) is 23.7 Å². The highest BCUT2D eigenvalue weighted by Crippen LogP contribution is 2.15. The third-order valence-corrected chi connectivity index (χ3v) is 4.22. The number of nitrogens with one attached hydrogen (secondary N) is 3. The summed E-state index contributed by atoms with van der Waals surface area (Å²) >= 11 is 5.87. The van der Waals surface area contributed by atoms with E-state index in [0.29, 0.717) is 6.54 Å². The lowest BCUT2D eigenvalue weighted by atomic mass is 10.1. The van der Waals surface area contributed by atoms with E-state index in [4.69, 9.17) is 11.6 Å². The van der Waals surface area contributed by atoms with Crippen LogP contribution in [0.25, 0.3) is 0 Å². The van der Waals surface area contributed by atoms with Crippen LogP contribution >= 0.6 is 11.6 Å². The Hall–Kier alpha value is -1.10. The Morgan fingerprint density at radius 3 is 2.45 bits per heavy atom. The molecule has 1 aromatic carbocycles. The summed E-state index contributed by atoms with van der Waals surface area (Å²) in [4.78, 5) is 15.0. The number of halogens is 1. The zero-order valence-electron chi connectivity index (χ0n) is 12.2. The Morgan fingerprint density at radius 1 is 1.25 bits per heavy atom. The van der Waals surface area contributed by atoms with Gasteiger partial charge in [0.05, 0.1) is 13.1 Å². The molecule has 2 rings (SSSR count). The summed E-state index contributed by atoms with van der Waals surface area (Å²) in [5.74, 6) is 0.127. The molecule has 1 aliphatic rings. The molecule has 0 unspecified atom stereocenters. The summed E-state index contributed by atoms with van der Waals surface area (Å²) < 4.78 is 0. The smallest absolute Gasteiger partial charge is 0.275 e. The molecule has 1 fully saturated rings. The van der Waals surface area contributed by atoms with Gasteiger partial charge in [-0.2, -0.15) is 0 Å². The first-order valence-corrected chi connectivity index (χ1v) is 7.62. The van der Waals surface area contributed by atoms with Gasteiger partial charge in [-0.05, 0) is 24.6 Å². The summed E-state index contributed by atoms with van der Waals surface area (Å²) in [5.41, 5.74) is 1.08.